The van der Waals surface area contributed by atoms with E-state index in [-0.39, 0.29) is 0 Å². The van der Waals surface area contributed by atoms with Crippen molar-refractivity contribution in [1.82, 2.24) is 9.80 Å². The highest BCUT2D eigenvalue weighted by Crippen LogP contribution is 2.20. The predicted molar refractivity (Wildman–Crippen MR) is 74.1 cm³/mol. The topological polar surface area (TPSA) is 35.9 Å². The number of hydrogen-bond acceptors (Lipinski definition) is 3. The molecule has 2 saturated heterocycles. The number of rotatable bonds is 2. The molecule has 0 aromatic rings. The second-order valence-electron chi connectivity index (χ2n) is 5.33. The van der Waals surface area contributed by atoms with Crippen molar-refractivity contribution >= 4 is 11.6 Å². The van der Waals surface area contributed by atoms with Crippen molar-refractivity contribution < 1.29 is 4.79 Å². The molecule has 0 saturated carbocycles. The lowest BCUT2D eigenvalue weighted by Gasteiger charge is -2.40. The average Bonchev–Trinajstić information content (AvgIpc) is 2.46. The van der Waals surface area contributed by atoms with Crippen molar-refractivity contribution in [2.75, 3.05) is 33.2 Å². The van der Waals surface area contributed by atoms with Crippen molar-refractivity contribution in [3.8, 4) is 0 Å². The van der Waals surface area contributed by atoms with Gasteiger partial charge < -0.3 is 4.90 Å². The molecule has 4 heteroatoms. The number of aliphatic imine (C=N–C) groups is 1. The Labute approximate surface area is 110 Å². The third-order valence-electron chi connectivity index (χ3n) is 4.25. The van der Waals surface area contributed by atoms with E-state index in [1.165, 1.54) is 25.1 Å². The minimum atomic E-state index is 0.308. The van der Waals surface area contributed by atoms with Gasteiger partial charge in [-0.2, -0.15) is 0 Å². The highest BCUT2D eigenvalue weighted by atomic mass is 16.2. The summed E-state index contributed by atoms with van der Waals surface area (Å²) in [7, 11) is 1.90. The lowest BCUT2D eigenvalue weighted by molar-refractivity contribution is -0.132. The Morgan fingerprint density at radius 2 is 2.06 bits per heavy atom. The Balaban J connectivity index is 1.84. The van der Waals surface area contributed by atoms with Gasteiger partial charge in [0, 0.05) is 44.9 Å². The summed E-state index contributed by atoms with van der Waals surface area (Å²) >= 11 is 0. The summed E-state index contributed by atoms with van der Waals surface area (Å²) in [5.41, 5.74) is 1.34. The van der Waals surface area contributed by atoms with Gasteiger partial charge in [-0.25, -0.2) is 0 Å². The summed E-state index contributed by atoms with van der Waals surface area (Å²) in [6.45, 7) is 6.07. The van der Waals surface area contributed by atoms with Crippen LogP contribution in [-0.2, 0) is 4.79 Å². The number of carbonyl (C=O) groups is 1. The molecule has 4 nitrogen and oxygen atoms in total. The Bertz CT molecular complexity index is 319. The first-order chi connectivity index (χ1) is 8.74. The fourth-order valence-electron chi connectivity index (χ4n) is 3.08. The highest BCUT2D eigenvalue weighted by Gasteiger charge is 2.28. The molecule has 18 heavy (non-hydrogen) atoms. The molecule has 0 unspecified atom stereocenters. The average molecular weight is 251 g/mol. The van der Waals surface area contributed by atoms with Crippen LogP contribution in [0, 0.1) is 0 Å². The van der Waals surface area contributed by atoms with Crippen molar-refractivity contribution in [2.24, 2.45) is 4.99 Å². The van der Waals surface area contributed by atoms with E-state index >= 15 is 0 Å². The number of likely N-dealkylation sites (tertiary alicyclic amines) is 2. The first-order valence-corrected chi connectivity index (χ1v) is 7.21. The van der Waals surface area contributed by atoms with Gasteiger partial charge in [0.05, 0.1) is 0 Å². The molecule has 0 atom stereocenters. The normalized spacial score (nSPS) is 25.7. The maximum atomic E-state index is 11.6. The second kappa shape index (κ2) is 6.32. The summed E-state index contributed by atoms with van der Waals surface area (Å²) in [6, 6.07) is 0.656. The Morgan fingerprint density at radius 3 is 2.67 bits per heavy atom. The smallest absolute Gasteiger partial charge is 0.222 e. The molecule has 2 heterocycles. The summed E-state index contributed by atoms with van der Waals surface area (Å²) in [4.78, 5) is 20.6. The Morgan fingerprint density at radius 1 is 1.33 bits per heavy atom. The highest BCUT2D eigenvalue weighted by molar-refractivity contribution is 5.86. The molecule has 0 aromatic heterocycles. The van der Waals surface area contributed by atoms with Crippen LogP contribution in [0.3, 0.4) is 0 Å². The number of nitrogens with zero attached hydrogens (tertiary/aromatic N) is 3. The summed E-state index contributed by atoms with van der Waals surface area (Å²) in [5.74, 6) is 0.308. The van der Waals surface area contributed by atoms with Crippen LogP contribution in [-0.4, -0.2) is 60.7 Å². The first kappa shape index (κ1) is 13.5. The zero-order valence-electron chi connectivity index (χ0n) is 11.7. The monoisotopic (exact) mass is 251 g/mol. The van der Waals surface area contributed by atoms with Gasteiger partial charge in [0.25, 0.3) is 0 Å². The number of carbonyl (C=O) groups excluding carboxylic acids is 1. The van der Waals surface area contributed by atoms with Crippen LogP contribution in [0.25, 0.3) is 0 Å². The zero-order chi connectivity index (χ0) is 13.0. The van der Waals surface area contributed by atoms with E-state index in [1.807, 2.05) is 18.9 Å². The molecule has 2 aliphatic heterocycles. The van der Waals surface area contributed by atoms with Crippen molar-refractivity contribution in [2.45, 2.75) is 45.1 Å². The maximum Gasteiger partial charge on any atom is 0.222 e. The van der Waals surface area contributed by atoms with Crippen LogP contribution in [0.2, 0.25) is 0 Å². The minimum Gasteiger partial charge on any atom is -0.343 e. The van der Waals surface area contributed by atoms with Crippen molar-refractivity contribution in [3.63, 3.8) is 0 Å². The molecule has 0 radical (unpaired) electrons. The number of hydrogen-bond donors (Lipinski definition) is 0. The Kier molecular flexibility index (Phi) is 4.75. The van der Waals surface area contributed by atoms with Gasteiger partial charge >= 0.3 is 0 Å². The molecular weight excluding hydrogens is 226 g/mol. The largest absolute Gasteiger partial charge is 0.343 e. The molecule has 0 spiro atoms. The molecule has 2 fully saturated rings. The van der Waals surface area contributed by atoms with Crippen LogP contribution in [0.15, 0.2) is 4.99 Å². The molecule has 0 aromatic carbocycles. The molecule has 2 rings (SSSR count). The maximum absolute atomic E-state index is 11.6. The van der Waals surface area contributed by atoms with Gasteiger partial charge in [-0.15, -0.1) is 0 Å². The van der Waals surface area contributed by atoms with E-state index in [9.17, 15) is 4.79 Å². The predicted octanol–water partition coefficient (Wildman–Crippen LogP) is 1.55. The van der Waals surface area contributed by atoms with E-state index in [4.69, 9.17) is 0 Å². The van der Waals surface area contributed by atoms with E-state index in [2.05, 4.69) is 9.89 Å². The van der Waals surface area contributed by atoms with E-state index < -0.39 is 0 Å². The van der Waals surface area contributed by atoms with Crippen LogP contribution in [0.1, 0.15) is 39.0 Å². The Hall–Kier alpha value is -0.900. The quantitative estimate of drug-likeness (QED) is 0.746. The van der Waals surface area contributed by atoms with Crippen LogP contribution in [0.5, 0.6) is 0 Å². The molecule has 2 aliphatic rings. The molecule has 102 valence electrons. The SMILES string of the molecule is CCC(=O)N1CCC(N2CCC/C(=N\C)C2)CC1. The third-order valence-corrected chi connectivity index (χ3v) is 4.25. The van der Waals surface area contributed by atoms with Crippen LogP contribution in [0.4, 0.5) is 0 Å². The summed E-state index contributed by atoms with van der Waals surface area (Å²) in [6.07, 6.45) is 5.30. The second-order valence-corrected chi connectivity index (χ2v) is 5.33. The van der Waals surface area contributed by atoms with Crippen molar-refractivity contribution in [3.05, 3.63) is 0 Å². The first-order valence-electron chi connectivity index (χ1n) is 7.21. The molecular formula is C14H25N3O. The fraction of sp³-hybridized carbons (Fsp3) is 0.857. The van der Waals surface area contributed by atoms with Gasteiger partial charge in [0.15, 0.2) is 0 Å². The van der Waals surface area contributed by atoms with Gasteiger partial charge in [-0.05, 0) is 32.2 Å². The molecule has 0 bridgehead atoms. The lowest BCUT2D eigenvalue weighted by Crippen LogP contribution is -2.49. The summed E-state index contributed by atoms with van der Waals surface area (Å²) < 4.78 is 0. The standard InChI is InChI=1S/C14H25N3O/c1-3-14(18)16-9-6-13(7-10-16)17-8-4-5-12(11-17)15-2/h13H,3-11H2,1-2H3/b15-12+. The van der Waals surface area contributed by atoms with Gasteiger partial charge in [-0.3, -0.25) is 14.7 Å². The minimum absolute atomic E-state index is 0.308. The molecule has 0 N–H and O–H groups in total. The molecule has 1 amide bonds. The molecule has 0 aliphatic carbocycles. The van der Waals surface area contributed by atoms with Gasteiger partial charge in [-0.1, -0.05) is 6.92 Å². The van der Waals surface area contributed by atoms with E-state index in [0.29, 0.717) is 18.4 Å². The van der Waals surface area contributed by atoms with Crippen LogP contribution < -0.4 is 0 Å². The zero-order valence-corrected chi connectivity index (χ0v) is 11.7. The lowest BCUT2D eigenvalue weighted by atomic mass is 9.99. The van der Waals surface area contributed by atoms with E-state index in [0.717, 1.165) is 32.5 Å². The van der Waals surface area contributed by atoms with Gasteiger partial charge in [0.1, 0.15) is 0 Å². The fourth-order valence-corrected chi connectivity index (χ4v) is 3.08. The summed E-state index contributed by atoms with van der Waals surface area (Å²) in [5, 5.41) is 0. The van der Waals surface area contributed by atoms with Crippen molar-refractivity contribution in [1.29, 1.82) is 0 Å². The van der Waals surface area contributed by atoms with Crippen LogP contribution >= 0.6 is 0 Å². The van der Waals surface area contributed by atoms with Gasteiger partial charge in [0.2, 0.25) is 5.91 Å². The third kappa shape index (κ3) is 3.10. The number of piperidine rings is 2. The number of amides is 1. The van der Waals surface area contributed by atoms with E-state index in [1.54, 1.807) is 0 Å².